The van der Waals surface area contributed by atoms with Gasteiger partial charge >= 0.3 is 0 Å². The van der Waals surface area contributed by atoms with Crippen LogP contribution in [0.3, 0.4) is 0 Å². The summed E-state index contributed by atoms with van der Waals surface area (Å²) < 4.78 is 0. The van der Waals surface area contributed by atoms with Crippen molar-refractivity contribution in [2.45, 2.75) is 46.1 Å². The largest absolute Gasteiger partial charge is 0.298 e. The Morgan fingerprint density at radius 3 is 2.20 bits per heavy atom. The summed E-state index contributed by atoms with van der Waals surface area (Å²) in [6, 6.07) is 0. The van der Waals surface area contributed by atoms with E-state index < -0.39 is 0 Å². The van der Waals surface area contributed by atoms with E-state index in [2.05, 4.69) is 32.6 Å². The highest BCUT2D eigenvalue weighted by molar-refractivity contribution is 5.85. The first-order valence-electron chi connectivity index (χ1n) is 6.26. The fourth-order valence-corrected chi connectivity index (χ4v) is 3.83. The molecule has 2 unspecified atom stereocenters. The number of piperidine rings is 3. The minimum Gasteiger partial charge on any atom is -0.298 e. The Morgan fingerprint density at radius 1 is 1.27 bits per heavy atom. The maximum absolute atomic E-state index is 11.7. The minimum absolute atomic E-state index is 0.289. The van der Waals surface area contributed by atoms with E-state index in [0.717, 1.165) is 19.4 Å². The molecule has 0 aliphatic carbocycles. The number of ketones is 1. The Labute approximate surface area is 93.0 Å². The quantitative estimate of drug-likeness (QED) is 0.695. The molecule has 0 N–H and O–H groups in total. The number of fused-ring (bicyclic) bond motifs is 3. The third-order valence-electron chi connectivity index (χ3n) is 4.71. The lowest BCUT2D eigenvalue weighted by atomic mass is 9.64. The van der Waals surface area contributed by atoms with Gasteiger partial charge in [-0.2, -0.15) is 0 Å². The zero-order valence-corrected chi connectivity index (χ0v) is 10.4. The van der Waals surface area contributed by atoms with E-state index in [9.17, 15) is 4.79 Å². The number of hydrogen-bond acceptors (Lipinski definition) is 2. The second-order valence-electron chi connectivity index (χ2n) is 5.88. The van der Waals surface area contributed by atoms with Crippen molar-refractivity contribution in [2.24, 2.45) is 17.8 Å². The Hall–Kier alpha value is -0.370. The molecule has 3 aliphatic heterocycles. The molecule has 2 nitrogen and oxygen atoms in total. The molecule has 3 rings (SSSR count). The summed E-state index contributed by atoms with van der Waals surface area (Å²) in [7, 11) is 0. The lowest BCUT2D eigenvalue weighted by Crippen LogP contribution is -2.66. The molecule has 0 aromatic carbocycles. The molecule has 0 spiro atoms. The molecule has 15 heavy (non-hydrogen) atoms. The van der Waals surface area contributed by atoms with Crippen LogP contribution < -0.4 is 0 Å². The maximum Gasteiger partial charge on any atom is 0.150 e. The standard InChI is InChI=1S/C13H23NO/c1-9(2)13(10(3)4)7-11-5-6-14(13)8-12(11)15/h9-11H,5-8H2,1-4H3. The predicted octanol–water partition coefficient (Wildman–Crippen LogP) is 2.33. The highest BCUT2D eigenvalue weighted by Gasteiger charge is 2.52. The predicted molar refractivity (Wildman–Crippen MR) is 61.7 cm³/mol. The summed E-state index contributed by atoms with van der Waals surface area (Å²) in [5, 5.41) is 0. The van der Waals surface area contributed by atoms with Crippen molar-refractivity contribution in [3.05, 3.63) is 0 Å². The molecule has 2 atom stereocenters. The lowest BCUT2D eigenvalue weighted by molar-refractivity contribution is -0.147. The summed E-state index contributed by atoms with van der Waals surface area (Å²) in [6.07, 6.45) is 2.20. The fourth-order valence-electron chi connectivity index (χ4n) is 3.83. The molecule has 86 valence electrons. The topological polar surface area (TPSA) is 20.3 Å². The molecule has 3 fully saturated rings. The van der Waals surface area contributed by atoms with Crippen LogP contribution in [0.25, 0.3) is 0 Å². The van der Waals surface area contributed by atoms with Crippen molar-refractivity contribution in [2.75, 3.05) is 13.1 Å². The van der Waals surface area contributed by atoms with E-state index in [-0.39, 0.29) is 5.54 Å². The molecular formula is C13H23NO. The van der Waals surface area contributed by atoms with Gasteiger partial charge in [-0.1, -0.05) is 27.7 Å². The first-order chi connectivity index (χ1) is 6.98. The van der Waals surface area contributed by atoms with Crippen LogP contribution >= 0.6 is 0 Å². The fraction of sp³-hybridized carbons (Fsp3) is 0.923. The summed E-state index contributed by atoms with van der Waals surface area (Å²) in [4.78, 5) is 14.2. The first-order valence-corrected chi connectivity index (χ1v) is 6.26. The SMILES string of the molecule is CC(C)C1(C(C)C)CC2CCN1CC2=O. The van der Waals surface area contributed by atoms with Gasteiger partial charge in [-0.05, 0) is 31.2 Å². The van der Waals surface area contributed by atoms with E-state index in [4.69, 9.17) is 0 Å². The van der Waals surface area contributed by atoms with Crippen LogP contribution in [0, 0.1) is 17.8 Å². The Kier molecular flexibility index (Phi) is 2.66. The third kappa shape index (κ3) is 1.45. The van der Waals surface area contributed by atoms with E-state index in [1.807, 2.05) is 0 Å². The van der Waals surface area contributed by atoms with Crippen LogP contribution in [-0.4, -0.2) is 29.3 Å². The molecule has 3 aliphatic rings. The molecule has 3 heterocycles. The average Bonchev–Trinajstić information content (AvgIpc) is 2.17. The molecule has 0 aromatic rings. The number of carbonyl (C=O) groups excluding carboxylic acids is 1. The second kappa shape index (κ2) is 3.58. The zero-order chi connectivity index (χ0) is 11.2. The van der Waals surface area contributed by atoms with E-state index >= 15 is 0 Å². The minimum atomic E-state index is 0.289. The first kappa shape index (κ1) is 11.1. The zero-order valence-electron chi connectivity index (χ0n) is 10.4. The summed E-state index contributed by atoms with van der Waals surface area (Å²) in [5.41, 5.74) is 0.289. The van der Waals surface area contributed by atoms with Gasteiger partial charge in [0.05, 0.1) is 6.54 Å². The van der Waals surface area contributed by atoms with Gasteiger partial charge in [-0.3, -0.25) is 9.69 Å². The smallest absolute Gasteiger partial charge is 0.150 e. The number of carbonyl (C=O) groups is 1. The Bertz CT molecular complexity index is 262. The van der Waals surface area contributed by atoms with Gasteiger partial charge < -0.3 is 0 Å². The van der Waals surface area contributed by atoms with E-state index in [0.29, 0.717) is 30.1 Å². The lowest BCUT2D eigenvalue weighted by Gasteiger charge is -2.58. The molecule has 2 heteroatoms. The normalized spacial score (nSPS) is 34.1. The molecule has 0 amide bonds. The van der Waals surface area contributed by atoms with Crippen molar-refractivity contribution in [3.63, 3.8) is 0 Å². The van der Waals surface area contributed by atoms with Gasteiger partial charge in [0.1, 0.15) is 5.78 Å². The number of hydrogen-bond donors (Lipinski definition) is 0. The van der Waals surface area contributed by atoms with Crippen LogP contribution in [0.4, 0.5) is 0 Å². The van der Waals surface area contributed by atoms with Crippen molar-refractivity contribution < 1.29 is 4.79 Å². The van der Waals surface area contributed by atoms with Crippen molar-refractivity contribution >= 4 is 5.78 Å². The molecule has 2 bridgehead atoms. The molecule has 3 saturated heterocycles. The number of Topliss-reactive ketones (excluding diaryl/α,β-unsaturated/α-hetero) is 1. The molecule has 0 radical (unpaired) electrons. The van der Waals surface area contributed by atoms with Crippen LogP contribution in [0.15, 0.2) is 0 Å². The van der Waals surface area contributed by atoms with E-state index in [1.54, 1.807) is 0 Å². The van der Waals surface area contributed by atoms with Gasteiger partial charge in [0, 0.05) is 11.5 Å². The summed E-state index contributed by atoms with van der Waals surface area (Å²) in [5.74, 6) is 2.14. The third-order valence-corrected chi connectivity index (χ3v) is 4.71. The second-order valence-corrected chi connectivity index (χ2v) is 5.88. The van der Waals surface area contributed by atoms with Crippen molar-refractivity contribution in [3.8, 4) is 0 Å². The van der Waals surface area contributed by atoms with Gasteiger partial charge in [0.2, 0.25) is 0 Å². The molecule has 0 saturated carbocycles. The highest BCUT2D eigenvalue weighted by Crippen LogP contribution is 2.46. The van der Waals surface area contributed by atoms with Crippen LogP contribution in [0.1, 0.15) is 40.5 Å². The van der Waals surface area contributed by atoms with Crippen molar-refractivity contribution in [1.82, 2.24) is 4.90 Å². The molecular weight excluding hydrogens is 186 g/mol. The van der Waals surface area contributed by atoms with Crippen molar-refractivity contribution in [1.29, 1.82) is 0 Å². The van der Waals surface area contributed by atoms with Crippen LogP contribution in [0.5, 0.6) is 0 Å². The summed E-state index contributed by atoms with van der Waals surface area (Å²) >= 11 is 0. The summed E-state index contributed by atoms with van der Waals surface area (Å²) in [6.45, 7) is 11.1. The molecule has 0 aromatic heterocycles. The highest BCUT2D eigenvalue weighted by atomic mass is 16.1. The van der Waals surface area contributed by atoms with Gasteiger partial charge in [-0.25, -0.2) is 0 Å². The average molecular weight is 209 g/mol. The Morgan fingerprint density at radius 2 is 1.87 bits per heavy atom. The Balaban J connectivity index is 2.32. The van der Waals surface area contributed by atoms with Crippen LogP contribution in [0.2, 0.25) is 0 Å². The van der Waals surface area contributed by atoms with Gasteiger partial charge in [0.25, 0.3) is 0 Å². The van der Waals surface area contributed by atoms with Crippen LogP contribution in [-0.2, 0) is 4.79 Å². The van der Waals surface area contributed by atoms with Gasteiger partial charge in [0.15, 0.2) is 0 Å². The monoisotopic (exact) mass is 209 g/mol. The number of rotatable bonds is 2. The maximum atomic E-state index is 11.7. The van der Waals surface area contributed by atoms with E-state index in [1.165, 1.54) is 0 Å². The number of nitrogens with zero attached hydrogens (tertiary/aromatic N) is 1. The van der Waals surface area contributed by atoms with Gasteiger partial charge in [-0.15, -0.1) is 0 Å².